The molecule has 3 saturated carbocycles. The van der Waals surface area contributed by atoms with E-state index in [1.54, 1.807) is 0 Å². The third kappa shape index (κ3) is 2.71. The molecular formula is C23H42. The number of hydrogen-bond acceptors (Lipinski definition) is 0. The van der Waals surface area contributed by atoms with Gasteiger partial charge in [0.15, 0.2) is 0 Å². The molecule has 23 heavy (non-hydrogen) atoms. The topological polar surface area (TPSA) is 0 Å². The molecule has 0 N–H and O–H groups in total. The van der Waals surface area contributed by atoms with Crippen LogP contribution in [0.4, 0.5) is 0 Å². The number of hydrogen-bond donors (Lipinski definition) is 0. The largest absolute Gasteiger partial charge is 0.0654 e. The summed E-state index contributed by atoms with van der Waals surface area (Å²) in [5, 5.41) is 0. The predicted molar refractivity (Wildman–Crippen MR) is 101 cm³/mol. The van der Waals surface area contributed by atoms with Crippen LogP contribution in [0.1, 0.15) is 106 Å². The minimum Gasteiger partial charge on any atom is -0.0654 e. The van der Waals surface area contributed by atoms with E-state index in [0.29, 0.717) is 16.2 Å². The van der Waals surface area contributed by atoms with Crippen LogP contribution in [0, 0.1) is 39.9 Å². The van der Waals surface area contributed by atoms with Gasteiger partial charge in [0.1, 0.15) is 0 Å². The first-order valence-electron chi connectivity index (χ1n) is 10.8. The Labute approximate surface area is 146 Å². The Morgan fingerprint density at radius 1 is 0.826 bits per heavy atom. The highest BCUT2D eigenvalue weighted by molar-refractivity contribution is 5.10. The van der Waals surface area contributed by atoms with E-state index < -0.39 is 0 Å². The highest BCUT2D eigenvalue weighted by atomic mass is 14.7. The van der Waals surface area contributed by atoms with Crippen LogP contribution < -0.4 is 0 Å². The van der Waals surface area contributed by atoms with Crippen LogP contribution in [-0.4, -0.2) is 0 Å². The van der Waals surface area contributed by atoms with E-state index in [4.69, 9.17) is 0 Å². The van der Waals surface area contributed by atoms with Gasteiger partial charge in [-0.1, -0.05) is 67.2 Å². The van der Waals surface area contributed by atoms with Crippen LogP contribution in [0.25, 0.3) is 0 Å². The molecule has 0 saturated heterocycles. The molecule has 0 aromatic rings. The van der Waals surface area contributed by atoms with Gasteiger partial charge in [0, 0.05) is 0 Å². The van der Waals surface area contributed by atoms with E-state index in [2.05, 4.69) is 41.5 Å². The van der Waals surface area contributed by atoms with Crippen molar-refractivity contribution < 1.29 is 0 Å². The third-order valence-electron chi connectivity index (χ3n) is 9.15. The van der Waals surface area contributed by atoms with Gasteiger partial charge in [-0.2, -0.15) is 0 Å². The Morgan fingerprint density at radius 3 is 2.26 bits per heavy atom. The Hall–Kier alpha value is 0. The lowest BCUT2D eigenvalue weighted by molar-refractivity contribution is -0.174. The Bertz CT molecular complexity index is 422. The number of rotatable bonds is 3. The summed E-state index contributed by atoms with van der Waals surface area (Å²) in [7, 11) is 0. The maximum absolute atomic E-state index is 2.72. The summed E-state index contributed by atoms with van der Waals surface area (Å²) in [4.78, 5) is 0. The smallest absolute Gasteiger partial charge is 0.0259 e. The quantitative estimate of drug-likeness (QED) is 0.506. The highest BCUT2D eigenvalue weighted by Crippen LogP contribution is 2.69. The summed E-state index contributed by atoms with van der Waals surface area (Å²) >= 11 is 0. The molecule has 0 spiro atoms. The molecule has 3 fully saturated rings. The second-order valence-corrected chi connectivity index (χ2v) is 10.8. The molecule has 3 aliphatic carbocycles. The lowest BCUT2D eigenvalue weighted by Gasteiger charge is -2.66. The maximum atomic E-state index is 2.72. The summed E-state index contributed by atoms with van der Waals surface area (Å²) in [6, 6.07) is 0. The van der Waals surface area contributed by atoms with Crippen LogP contribution in [0.15, 0.2) is 0 Å². The molecule has 0 heterocycles. The molecule has 0 aromatic heterocycles. The SMILES string of the molecule is CCCC[C@@H]1[C@@H](C)CC[C@@H]2[C@@]1(C)CC[C@@H]1C(C)(C)CCC[C@]21C. The highest BCUT2D eigenvalue weighted by Gasteiger charge is 2.61. The van der Waals surface area contributed by atoms with Crippen LogP contribution in [0.5, 0.6) is 0 Å². The molecular weight excluding hydrogens is 276 g/mol. The van der Waals surface area contributed by atoms with Crippen molar-refractivity contribution in [1.29, 1.82) is 0 Å². The van der Waals surface area contributed by atoms with Crippen molar-refractivity contribution in [2.45, 2.75) is 106 Å². The van der Waals surface area contributed by atoms with Gasteiger partial charge in [-0.05, 0) is 78.4 Å². The lowest BCUT2D eigenvalue weighted by atomic mass is 9.38. The van der Waals surface area contributed by atoms with E-state index in [1.165, 1.54) is 64.2 Å². The standard InChI is InChI=1S/C23H42/c1-7-8-10-18-17(2)11-12-20-22(18,5)16-13-19-21(3,4)14-9-15-23(19,20)6/h17-20H,7-16H2,1-6H3/t17-,18+,19+,20+,22-,23-/m0/s1. The molecule has 0 amide bonds. The minimum absolute atomic E-state index is 0.580. The van der Waals surface area contributed by atoms with Crippen LogP contribution in [0.2, 0.25) is 0 Å². The van der Waals surface area contributed by atoms with Crippen molar-refractivity contribution in [2.24, 2.45) is 39.9 Å². The summed E-state index contributed by atoms with van der Waals surface area (Å²) < 4.78 is 0. The average molecular weight is 319 g/mol. The molecule has 0 radical (unpaired) electrons. The van der Waals surface area contributed by atoms with Crippen LogP contribution in [0.3, 0.4) is 0 Å². The fourth-order valence-electron chi connectivity index (χ4n) is 8.11. The zero-order valence-electron chi connectivity index (χ0n) is 16.9. The van der Waals surface area contributed by atoms with Gasteiger partial charge >= 0.3 is 0 Å². The second-order valence-electron chi connectivity index (χ2n) is 10.8. The molecule has 0 heteroatoms. The van der Waals surface area contributed by atoms with E-state index >= 15 is 0 Å². The maximum Gasteiger partial charge on any atom is -0.0259 e. The zero-order chi connectivity index (χ0) is 16.9. The van der Waals surface area contributed by atoms with Crippen molar-refractivity contribution in [2.75, 3.05) is 0 Å². The molecule has 0 unspecified atom stereocenters. The van der Waals surface area contributed by atoms with Gasteiger partial charge in [-0.3, -0.25) is 0 Å². The Morgan fingerprint density at radius 2 is 1.57 bits per heavy atom. The third-order valence-corrected chi connectivity index (χ3v) is 9.15. The van der Waals surface area contributed by atoms with Gasteiger partial charge in [0.2, 0.25) is 0 Å². The molecule has 0 aromatic carbocycles. The van der Waals surface area contributed by atoms with Gasteiger partial charge in [-0.25, -0.2) is 0 Å². The summed E-state index contributed by atoms with van der Waals surface area (Å²) in [5.74, 6) is 3.91. The first-order valence-corrected chi connectivity index (χ1v) is 10.8. The molecule has 3 aliphatic rings. The zero-order valence-corrected chi connectivity index (χ0v) is 16.9. The predicted octanol–water partition coefficient (Wildman–Crippen LogP) is 7.47. The van der Waals surface area contributed by atoms with Gasteiger partial charge < -0.3 is 0 Å². The fraction of sp³-hybridized carbons (Fsp3) is 1.00. The summed E-state index contributed by atoms with van der Waals surface area (Å²) in [6.07, 6.45) is 14.8. The van der Waals surface area contributed by atoms with Gasteiger partial charge in [0.05, 0.1) is 0 Å². The first kappa shape index (κ1) is 17.8. The normalized spacial score (nSPS) is 49.3. The second kappa shape index (κ2) is 6.06. The monoisotopic (exact) mass is 318 g/mol. The first-order chi connectivity index (χ1) is 10.8. The van der Waals surface area contributed by atoms with Gasteiger partial charge in [0.25, 0.3) is 0 Å². The summed E-state index contributed by atoms with van der Waals surface area (Å²) in [6.45, 7) is 15.5. The molecule has 134 valence electrons. The average Bonchev–Trinajstić information content (AvgIpc) is 2.45. The van der Waals surface area contributed by atoms with Crippen LogP contribution in [-0.2, 0) is 0 Å². The molecule has 0 nitrogen and oxygen atoms in total. The molecule has 0 bridgehead atoms. The van der Waals surface area contributed by atoms with Crippen molar-refractivity contribution >= 4 is 0 Å². The van der Waals surface area contributed by atoms with Crippen molar-refractivity contribution in [3.8, 4) is 0 Å². The number of unbranched alkanes of at least 4 members (excludes halogenated alkanes) is 1. The Balaban J connectivity index is 1.92. The van der Waals surface area contributed by atoms with Gasteiger partial charge in [-0.15, -0.1) is 0 Å². The van der Waals surface area contributed by atoms with E-state index in [0.717, 1.165) is 23.7 Å². The number of fused-ring (bicyclic) bond motifs is 3. The van der Waals surface area contributed by atoms with Crippen LogP contribution >= 0.6 is 0 Å². The van der Waals surface area contributed by atoms with Crippen molar-refractivity contribution in [3.63, 3.8) is 0 Å². The molecule has 3 rings (SSSR count). The van der Waals surface area contributed by atoms with Crippen molar-refractivity contribution in [1.82, 2.24) is 0 Å². The van der Waals surface area contributed by atoms with E-state index in [1.807, 2.05) is 0 Å². The lowest BCUT2D eigenvalue weighted by Crippen LogP contribution is -2.59. The summed E-state index contributed by atoms with van der Waals surface area (Å²) in [5.41, 5.74) is 1.83. The fourth-order valence-corrected chi connectivity index (χ4v) is 8.11. The Kier molecular flexibility index (Phi) is 4.70. The minimum atomic E-state index is 0.580. The molecule has 6 atom stereocenters. The van der Waals surface area contributed by atoms with Crippen molar-refractivity contribution in [3.05, 3.63) is 0 Å². The van der Waals surface area contributed by atoms with E-state index in [9.17, 15) is 0 Å². The molecule has 0 aliphatic heterocycles. The van der Waals surface area contributed by atoms with E-state index in [-0.39, 0.29) is 0 Å².